The van der Waals surface area contributed by atoms with Gasteiger partial charge in [0.1, 0.15) is 12.7 Å². The Hall–Kier alpha value is -4.79. The number of tetrazole rings is 1. The van der Waals surface area contributed by atoms with Crippen molar-refractivity contribution in [1.29, 1.82) is 0 Å². The highest BCUT2D eigenvalue weighted by molar-refractivity contribution is 5.94. The normalized spacial score (nSPS) is 15.4. The molecule has 0 amide bonds. The first-order chi connectivity index (χ1) is 17.6. The summed E-state index contributed by atoms with van der Waals surface area (Å²) in [6, 6.07) is 23.5. The maximum atomic E-state index is 12.8. The third kappa shape index (κ3) is 3.61. The number of allylic oxidation sites excluding steroid dienone is 1. The van der Waals surface area contributed by atoms with Gasteiger partial charge < -0.3 is 5.11 Å². The van der Waals surface area contributed by atoms with Gasteiger partial charge in [-0.15, -0.1) is 0 Å². The van der Waals surface area contributed by atoms with Crippen LogP contribution in [0.5, 0.6) is 0 Å². The van der Waals surface area contributed by atoms with E-state index in [0.29, 0.717) is 18.1 Å². The van der Waals surface area contributed by atoms with Gasteiger partial charge in [0.25, 0.3) is 5.95 Å². The number of rotatable bonds is 6. The number of anilines is 1. The summed E-state index contributed by atoms with van der Waals surface area (Å²) in [6.07, 6.45) is 4.15. The summed E-state index contributed by atoms with van der Waals surface area (Å²) in [5.74, 6) is -0.542. The second-order valence-corrected chi connectivity index (χ2v) is 8.77. The van der Waals surface area contributed by atoms with Crippen molar-refractivity contribution in [3.05, 3.63) is 113 Å². The molecule has 1 N–H and O–H groups in total. The molecule has 0 radical (unpaired) electrons. The van der Waals surface area contributed by atoms with Gasteiger partial charge in [0.05, 0.1) is 5.57 Å². The number of hydrogen-bond donors (Lipinski definition) is 1. The molecule has 1 atom stereocenters. The van der Waals surface area contributed by atoms with Gasteiger partial charge in [0, 0.05) is 18.1 Å². The molecule has 178 valence electrons. The summed E-state index contributed by atoms with van der Waals surface area (Å²) in [6.45, 7) is 2.09. The molecule has 0 bridgehead atoms. The molecule has 0 saturated carbocycles. The number of benzene rings is 3. The van der Waals surface area contributed by atoms with E-state index >= 15 is 0 Å². The van der Waals surface area contributed by atoms with E-state index in [1.54, 1.807) is 27.4 Å². The van der Waals surface area contributed by atoms with Crippen LogP contribution in [0, 0.1) is 0 Å². The van der Waals surface area contributed by atoms with Gasteiger partial charge >= 0.3 is 5.97 Å². The summed E-state index contributed by atoms with van der Waals surface area (Å²) in [4.78, 5) is 14.6. The van der Waals surface area contributed by atoms with Crippen molar-refractivity contribution >= 4 is 22.7 Å². The Kier molecular flexibility index (Phi) is 5.29. The molecule has 36 heavy (non-hydrogen) atoms. The average Bonchev–Trinajstić information content (AvgIpc) is 3.58. The van der Waals surface area contributed by atoms with Crippen molar-refractivity contribution in [2.75, 3.05) is 4.90 Å². The van der Waals surface area contributed by atoms with Crippen molar-refractivity contribution in [1.82, 2.24) is 30.0 Å². The Morgan fingerprint density at radius 2 is 1.81 bits per heavy atom. The van der Waals surface area contributed by atoms with Gasteiger partial charge in [0.15, 0.2) is 0 Å². The van der Waals surface area contributed by atoms with Gasteiger partial charge in [-0.1, -0.05) is 71.8 Å². The lowest BCUT2D eigenvalue weighted by Gasteiger charge is -2.35. The molecule has 1 unspecified atom stereocenters. The third-order valence-corrected chi connectivity index (χ3v) is 6.68. The molecule has 0 saturated heterocycles. The van der Waals surface area contributed by atoms with Crippen LogP contribution < -0.4 is 4.90 Å². The molecule has 0 fully saturated rings. The zero-order valence-electron chi connectivity index (χ0n) is 19.6. The summed E-state index contributed by atoms with van der Waals surface area (Å²) >= 11 is 0. The Bertz CT molecular complexity index is 1590. The number of aromatic nitrogens is 6. The number of fused-ring (bicyclic) bond motifs is 2. The summed E-state index contributed by atoms with van der Waals surface area (Å²) in [5, 5.41) is 29.3. The van der Waals surface area contributed by atoms with Crippen molar-refractivity contribution in [2.45, 2.75) is 26.1 Å². The van der Waals surface area contributed by atoms with Crippen LogP contribution in [0.3, 0.4) is 0 Å². The lowest BCUT2D eigenvalue weighted by molar-refractivity contribution is -0.133. The zero-order chi connectivity index (χ0) is 24.6. The second-order valence-electron chi connectivity index (χ2n) is 8.77. The van der Waals surface area contributed by atoms with Crippen LogP contribution in [0.2, 0.25) is 0 Å². The van der Waals surface area contributed by atoms with Gasteiger partial charge in [0.2, 0.25) is 0 Å². The van der Waals surface area contributed by atoms with Gasteiger partial charge in [-0.25, -0.2) is 4.79 Å². The zero-order valence-corrected chi connectivity index (χ0v) is 19.6. The SMILES string of the molecule is CC1=C(C(=O)O)C(c2c(Cc3ccccc3)ccc3ccccc23)n2nnnc2N1Cn1cccn1. The van der Waals surface area contributed by atoms with E-state index in [9.17, 15) is 9.90 Å². The molecular formula is C27H23N7O2. The summed E-state index contributed by atoms with van der Waals surface area (Å²) in [7, 11) is 0. The van der Waals surface area contributed by atoms with E-state index in [2.05, 4.69) is 44.9 Å². The summed E-state index contributed by atoms with van der Waals surface area (Å²) < 4.78 is 3.33. The largest absolute Gasteiger partial charge is 0.478 e. The quantitative estimate of drug-likeness (QED) is 0.394. The van der Waals surface area contributed by atoms with Gasteiger partial charge in [-0.3, -0.25) is 9.58 Å². The highest BCUT2D eigenvalue weighted by Gasteiger charge is 2.39. The Morgan fingerprint density at radius 3 is 2.58 bits per heavy atom. The fourth-order valence-electron chi connectivity index (χ4n) is 5.02. The lowest BCUT2D eigenvalue weighted by atomic mass is 9.85. The van der Waals surface area contributed by atoms with E-state index in [-0.39, 0.29) is 12.2 Å². The summed E-state index contributed by atoms with van der Waals surface area (Å²) in [5.41, 5.74) is 3.86. The Morgan fingerprint density at radius 1 is 1.00 bits per heavy atom. The monoisotopic (exact) mass is 477 g/mol. The lowest BCUT2D eigenvalue weighted by Crippen LogP contribution is -2.38. The molecule has 0 spiro atoms. The number of carboxylic acids is 1. The third-order valence-electron chi connectivity index (χ3n) is 6.68. The number of aliphatic carboxylic acids is 1. The molecule has 1 aliphatic rings. The molecule has 3 heterocycles. The molecule has 9 nitrogen and oxygen atoms in total. The van der Waals surface area contributed by atoms with Crippen molar-refractivity contribution in [3.63, 3.8) is 0 Å². The fourth-order valence-corrected chi connectivity index (χ4v) is 5.02. The number of nitrogens with zero attached hydrogens (tertiary/aromatic N) is 7. The van der Waals surface area contributed by atoms with Crippen LogP contribution in [-0.2, 0) is 17.9 Å². The predicted octanol–water partition coefficient (Wildman–Crippen LogP) is 4.04. The molecule has 9 heteroatoms. The van der Waals surface area contributed by atoms with E-state index in [1.165, 1.54) is 0 Å². The average molecular weight is 478 g/mol. The van der Waals surface area contributed by atoms with Crippen LogP contribution in [-0.4, -0.2) is 41.1 Å². The smallest absolute Gasteiger partial charge is 0.335 e. The van der Waals surface area contributed by atoms with Crippen molar-refractivity contribution < 1.29 is 9.90 Å². The predicted molar refractivity (Wildman–Crippen MR) is 134 cm³/mol. The first-order valence-electron chi connectivity index (χ1n) is 11.6. The second kappa shape index (κ2) is 8.77. The Balaban J connectivity index is 1.59. The maximum Gasteiger partial charge on any atom is 0.335 e. The van der Waals surface area contributed by atoms with Crippen LogP contribution in [0.25, 0.3) is 10.8 Å². The topological polar surface area (TPSA) is 102 Å². The van der Waals surface area contributed by atoms with Gasteiger partial charge in [-0.2, -0.15) is 9.78 Å². The Labute approximate surface area is 206 Å². The van der Waals surface area contributed by atoms with E-state index in [4.69, 9.17) is 0 Å². The standard InChI is InChI=1S/C27H23N7O2/c1-18-23(26(35)36)25(34-27(29-30-31-34)33(18)17-32-15-7-14-28-32)24-21(16-19-8-3-2-4-9-19)13-12-20-10-5-6-11-22(20)24/h2-15,25H,16-17H2,1H3,(H,35,36). The minimum absolute atomic E-state index is 0.229. The van der Waals surface area contributed by atoms with Crippen LogP contribution in [0.1, 0.15) is 29.7 Å². The van der Waals surface area contributed by atoms with Crippen molar-refractivity contribution in [2.24, 2.45) is 0 Å². The fraction of sp³-hybridized carbons (Fsp3) is 0.148. The number of hydrogen-bond acceptors (Lipinski definition) is 6. The molecule has 1 aliphatic heterocycles. The van der Waals surface area contributed by atoms with E-state index in [0.717, 1.165) is 27.5 Å². The van der Waals surface area contributed by atoms with E-state index < -0.39 is 12.0 Å². The highest BCUT2D eigenvalue weighted by atomic mass is 16.4. The first-order valence-corrected chi connectivity index (χ1v) is 11.6. The van der Waals surface area contributed by atoms with Crippen LogP contribution in [0.4, 0.5) is 5.95 Å². The molecule has 2 aromatic heterocycles. The molecular weight excluding hydrogens is 454 g/mol. The van der Waals surface area contributed by atoms with E-state index in [1.807, 2.05) is 54.7 Å². The number of carbonyl (C=O) groups is 1. The molecule has 6 rings (SSSR count). The molecule has 5 aromatic rings. The highest BCUT2D eigenvalue weighted by Crippen LogP contribution is 2.42. The van der Waals surface area contributed by atoms with Crippen molar-refractivity contribution in [3.8, 4) is 0 Å². The van der Waals surface area contributed by atoms with Gasteiger partial charge in [-0.05, 0) is 57.3 Å². The first kappa shape index (κ1) is 21.7. The molecule has 0 aliphatic carbocycles. The minimum Gasteiger partial charge on any atom is -0.478 e. The van der Waals surface area contributed by atoms with Crippen LogP contribution >= 0.6 is 0 Å². The minimum atomic E-state index is -1.01. The number of carboxylic acid groups (broad SMARTS) is 1. The molecule has 3 aromatic carbocycles. The maximum absolute atomic E-state index is 12.8. The van der Waals surface area contributed by atoms with Crippen LogP contribution in [0.15, 0.2) is 96.5 Å².